The van der Waals surface area contributed by atoms with Gasteiger partial charge in [0.15, 0.2) is 0 Å². The van der Waals surface area contributed by atoms with Gasteiger partial charge in [-0.1, -0.05) is 0 Å². The first-order valence-corrected chi connectivity index (χ1v) is 5.30. The highest BCUT2D eigenvalue weighted by Crippen LogP contribution is 1.99. The lowest BCUT2D eigenvalue weighted by atomic mass is 10.4. The van der Waals surface area contributed by atoms with Gasteiger partial charge in [0.2, 0.25) is 5.95 Å². The molecule has 1 aromatic rings. The average Bonchev–Trinajstić information content (AvgIpc) is 2.12. The molecule has 0 aliphatic heterocycles. The Bertz CT molecular complexity index is 485. The second-order valence-corrected chi connectivity index (χ2v) is 4.32. The third-order valence-electron chi connectivity index (χ3n) is 2.15. The first-order valence-electron chi connectivity index (χ1n) is 5.30. The van der Waals surface area contributed by atoms with Crippen molar-refractivity contribution >= 4 is 5.95 Å². The molecule has 0 spiro atoms. The van der Waals surface area contributed by atoms with Crippen LogP contribution in [0.25, 0.3) is 0 Å². The molecule has 0 saturated heterocycles. The minimum Gasteiger partial charge on any atom is -0.353 e. The van der Waals surface area contributed by atoms with E-state index < -0.39 is 5.69 Å². The third-order valence-corrected chi connectivity index (χ3v) is 2.15. The van der Waals surface area contributed by atoms with Crippen LogP contribution in [0.3, 0.4) is 0 Å². The first kappa shape index (κ1) is 12.5. The molecule has 0 radical (unpaired) electrons. The molecular weight excluding hydrogens is 208 g/mol. The van der Waals surface area contributed by atoms with Crippen LogP contribution in [-0.4, -0.2) is 20.2 Å². The molecule has 16 heavy (non-hydrogen) atoms. The van der Waals surface area contributed by atoms with Crippen molar-refractivity contribution in [1.29, 1.82) is 0 Å². The summed E-state index contributed by atoms with van der Waals surface area (Å²) in [5.74, 6) is 0.307. The summed E-state index contributed by atoms with van der Waals surface area (Å²) in [6.45, 7) is 7.39. The van der Waals surface area contributed by atoms with Crippen LogP contribution >= 0.6 is 0 Å². The highest BCUT2D eigenvalue weighted by Gasteiger charge is 2.12. The van der Waals surface area contributed by atoms with E-state index in [-0.39, 0.29) is 17.8 Å². The van der Waals surface area contributed by atoms with Gasteiger partial charge in [0.1, 0.15) is 0 Å². The van der Waals surface area contributed by atoms with Gasteiger partial charge < -0.3 is 5.32 Å². The molecule has 0 aliphatic carbocycles. The van der Waals surface area contributed by atoms with Crippen molar-refractivity contribution in [3.05, 3.63) is 21.0 Å². The molecule has 1 N–H and O–H groups in total. The maximum Gasteiger partial charge on any atom is 0.355 e. The van der Waals surface area contributed by atoms with Gasteiger partial charge in [-0.3, -0.25) is 4.57 Å². The van der Waals surface area contributed by atoms with Crippen LogP contribution in [0.2, 0.25) is 0 Å². The van der Waals surface area contributed by atoms with Gasteiger partial charge in [0.25, 0.3) is 0 Å². The third kappa shape index (κ3) is 2.32. The monoisotopic (exact) mass is 226 g/mol. The fourth-order valence-electron chi connectivity index (χ4n) is 1.38. The molecule has 0 aromatic carbocycles. The van der Waals surface area contributed by atoms with Gasteiger partial charge in [0.05, 0.1) is 0 Å². The van der Waals surface area contributed by atoms with E-state index in [0.29, 0.717) is 5.95 Å². The predicted octanol–water partition coefficient (Wildman–Crippen LogP) is 0.343. The Labute approximate surface area is 93.9 Å². The van der Waals surface area contributed by atoms with Crippen LogP contribution in [0.4, 0.5) is 5.95 Å². The minimum absolute atomic E-state index is 0.118. The maximum absolute atomic E-state index is 11.9. The van der Waals surface area contributed by atoms with Crippen LogP contribution in [0.5, 0.6) is 0 Å². The molecule has 1 rings (SSSR count). The van der Waals surface area contributed by atoms with Gasteiger partial charge in [0, 0.05) is 19.1 Å². The summed E-state index contributed by atoms with van der Waals surface area (Å²) in [5.41, 5.74) is -0.862. The Kier molecular flexibility index (Phi) is 3.51. The Morgan fingerprint density at radius 1 is 1.19 bits per heavy atom. The van der Waals surface area contributed by atoms with Gasteiger partial charge in [-0.2, -0.15) is 4.98 Å². The molecule has 0 atom stereocenters. The molecule has 6 nitrogen and oxygen atoms in total. The molecule has 0 saturated carbocycles. The fourth-order valence-corrected chi connectivity index (χ4v) is 1.38. The van der Waals surface area contributed by atoms with Crippen molar-refractivity contribution in [2.24, 2.45) is 7.05 Å². The first-order chi connectivity index (χ1) is 7.34. The second-order valence-electron chi connectivity index (χ2n) is 4.32. The van der Waals surface area contributed by atoms with Crippen LogP contribution < -0.4 is 16.7 Å². The zero-order valence-electron chi connectivity index (χ0n) is 10.3. The standard InChI is InChI=1S/C10H18N4O2/c1-6(2)11-8-12-9(15)14(7(3)4)10(16)13(8)5/h6-7H,1-5H3,(H,11,12,15). The highest BCUT2D eigenvalue weighted by molar-refractivity contribution is 5.24. The number of hydrogen-bond donors (Lipinski definition) is 1. The van der Waals surface area contributed by atoms with E-state index in [1.54, 1.807) is 20.9 Å². The quantitative estimate of drug-likeness (QED) is 0.807. The largest absolute Gasteiger partial charge is 0.355 e. The lowest BCUT2D eigenvalue weighted by Crippen LogP contribution is -2.43. The van der Waals surface area contributed by atoms with E-state index in [9.17, 15) is 9.59 Å². The van der Waals surface area contributed by atoms with E-state index in [2.05, 4.69) is 10.3 Å². The molecule has 0 aliphatic rings. The zero-order valence-corrected chi connectivity index (χ0v) is 10.3. The van der Waals surface area contributed by atoms with Gasteiger partial charge in [-0.05, 0) is 27.7 Å². The minimum atomic E-state index is -0.513. The fraction of sp³-hybridized carbons (Fsp3) is 0.700. The molecule has 6 heteroatoms. The van der Waals surface area contributed by atoms with Crippen molar-refractivity contribution in [2.75, 3.05) is 5.32 Å². The molecule has 0 amide bonds. The number of rotatable bonds is 3. The number of hydrogen-bond acceptors (Lipinski definition) is 4. The van der Waals surface area contributed by atoms with Crippen molar-refractivity contribution in [3.8, 4) is 0 Å². The van der Waals surface area contributed by atoms with Gasteiger partial charge >= 0.3 is 11.4 Å². The van der Waals surface area contributed by atoms with Crippen LogP contribution in [0.1, 0.15) is 33.7 Å². The summed E-state index contributed by atoms with van der Waals surface area (Å²) < 4.78 is 2.48. The van der Waals surface area contributed by atoms with Crippen molar-refractivity contribution in [1.82, 2.24) is 14.1 Å². The maximum atomic E-state index is 11.9. The highest BCUT2D eigenvalue weighted by atomic mass is 16.2. The van der Waals surface area contributed by atoms with E-state index >= 15 is 0 Å². The van der Waals surface area contributed by atoms with Gasteiger partial charge in [-0.15, -0.1) is 0 Å². The number of aromatic nitrogens is 3. The van der Waals surface area contributed by atoms with Crippen LogP contribution in [0, 0.1) is 0 Å². The molecule has 0 bridgehead atoms. The van der Waals surface area contributed by atoms with Crippen molar-refractivity contribution in [3.63, 3.8) is 0 Å². The molecule has 0 unspecified atom stereocenters. The zero-order chi connectivity index (χ0) is 12.5. The molecule has 90 valence electrons. The normalized spacial score (nSPS) is 11.2. The van der Waals surface area contributed by atoms with E-state index in [1.165, 1.54) is 4.57 Å². The molecular formula is C10H18N4O2. The van der Waals surface area contributed by atoms with Gasteiger partial charge in [-0.25, -0.2) is 14.2 Å². The average molecular weight is 226 g/mol. The Morgan fingerprint density at radius 3 is 2.19 bits per heavy atom. The van der Waals surface area contributed by atoms with Crippen LogP contribution in [0.15, 0.2) is 9.59 Å². The van der Waals surface area contributed by atoms with Crippen molar-refractivity contribution < 1.29 is 0 Å². The number of nitrogens with zero attached hydrogens (tertiary/aromatic N) is 3. The number of anilines is 1. The SMILES string of the molecule is CC(C)Nc1nc(=O)n(C(C)C)c(=O)n1C. The molecule has 1 heterocycles. The summed E-state index contributed by atoms with van der Waals surface area (Å²) >= 11 is 0. The lowest BCUT2D eigenvalue weighted by Gasteiger charge is -2.15. The Hall–Kier alpha value is -1.59. The summed E-state index contributed by atoms with van der Waals surface area (Å²) in [6.07, 6.45) is 0. The topological polar surface area (TPSA) is 68.9 Å². The number of nitrogens with one attached hydrogen (secondary N) is 1. The molecule has 0 fully saturated rings. The Balaban J connectivity index is 3.40. The van der Waals surface area contributed by atoms with E-state index in [1.807, 2.05) is 13.8 Å². The summed E-state index contributed by atoms with van der Waals surface area (Å²) in [5, 5.41) is 2.96. The van der Waals surface area contributed by atoms with E-state index in [4.69, 9.17) is 0 Å². The summed E-state index contributed by atoms with van der Waals surface area (Å²) in [7, 11) is 1.60. The molecule has 1 aromatic heterocycles. The smallest absolute Gasteiger partial charge is 0.353 e. The predicted molar refractivity (Wildman–Crippen MR) is 62.9 cm³/mol. The van der Waals surface area contributed by atoms with Crippen molar-refractivity contribution in [2.45, 2.75) is 39.8 Å². The summed E-state index contributed by atoms with van der Waals surface area (Å²) in [4.78, 5) is 27.4. The summed E-state index contributed by atoms with van der Waals surface area (Å²) in [6, 6.07) is -0.0702. The lowest BCUT2D eigenvalue weighted by molar-refractivity contribution is 0.504. The Morgan fingerprint density at radius 2 is 1.75 bits per heavy atom. The van der Waals surface area contributed by atoms with Crippen LogP contribution in [-0.2, 0) is 7.05 Å². The second kappa shape index (κ2) is 4.51. The van der Waals surface area contributed by atoms with E-state index in [0.717, 1.165) is 4.57 Å².